The van der Waals surface area contributed by atoms with Crippen LogP contribution in [0.25, 0.3) is 0 Å². The summed E-state index contributed by atoms with van der Waals surface area (Å²) >= 11 is 0. The summed E-state index contributed by atoms with van der Waals surface area (Å²) in [5.41, 5.74) is 0. The van der Waals surface area contributed by atoms with E-state index < -0.39 is 0 Å². The molecule has 0 N–H and O–H groups in total. The molecule has 0 saturated carbocycles. The molecule has 0 nitrogen and oxygen atoms in total. The first-order valence-electron chi connectivity index (χ1n) is 3.12. The zero-order valence-electron chi connectivity index (χ0n) is 6.15. The normalized spacial score (nSPS) is 7.30. The first kappa shape index (κ1) is 8.60. The Labute approximate surface area is 62.6 Å². The van der Waals surface area contributed by atoms with Crippen molar-refractivity contribution in [1.82, 2.24) is 0 Å². The predicted molar refractivity (Wildman–Crippen MR) is 45.2 cm³/mol. The van der Waals surface area contributed by atoms with E-state index in [-0.39, 0.29) is 0 Å². The van der Waals surface area contributed by atoms with Crippen LogP contribution in [0.15, 0.2) is 24.8 Å². The molecule has 0 radical (unpaired) electrons. The molecular weight excluding hydrogens is 120 g/mol. The summed E-state index contributed by atoms with van der Waals surface area (Å²) in [6.07, 6.45) is 6.11. The molecule has 0 unspecified atom stereocenters. The third kappa shape index (κ3) is 6.60. The Morgan fingerprint density at radius 2 is 2.20 bits per heavy atom. The van der Waals surface area contributed by atoms with Crippen LogP contribution in [0.5, 0.6) is 0 Å². The number of rotatable bonds is 1. The molecule has 0 heteroatoms. The van der Waals surface area contributed by atoms with E-state index in [9.17, 15) is 0 Å². The maximum Gasteiger partial charge on any atom is 0.0277 e. The van der Waals surface area contributed by atoms with E-state index in [1.165, 1.54) is 0 Å². The van der Waals surface area contributed by atoms with Gasteiger partial charge in [0.05, 0.1) is 0 Å². The standard InChI is InChI=1S/C10H10/c1-3-5-7-9-10-8-6-4-2/h3-4,6H,1,5H2,2H3. The molecule has 0 aliphatic rings. The van der Waals surface area contributed by atoms with Crippen LogP contribution in [0.2, 0.25) is 0 Å². The molecule has 0 saturated heterocycles. The SMILES string of the molecule is C=CCC#CC#CC=CC. The Bertz CT molecular complexity index is 222. The lowest BCUT2D eigenvalue weighted by atomic mass is 10.4. The van der Waals surface area contributed by atoms with Gasteiger partial charge in [-0.25, -0.2) is 0 Å². The topological polar surface area (TPSA) is 0 Å². The van der Waals surface area contributed by atoms with E-state index in [0.717, 1.165) is 0 Å². The van der Waals surface area contributed by atoms with Gasteiger partial charge in [-0.05, 0) is 24.8 Å². The highest BCUT2D eigenvalue weighted by Crippen LogP contribution is 1.71. The molecule has 0 aliphatic heterocycles. The molecule has 50 valence electrons. The third-order valence-electron chi connectivity index (χ3n) is 0.719. The van der Waals surface area contributed by atoms with Crippen molar-refractivity contribution >= 4 is 0 Å². The van der Waals surface area contributed by atoms with E-state index in [4.69, 9.17) is 0 Å². The summed E-state index contributed by atoms with van der Waals surface area (Å²) in [6, 6.07) is 0. The first-order chi connectivity index (χ1) is 4.91. The summed E-state index contributed by atoms with van der Waals surface area (Å²) < 4.78 is 0. The largest absolute Gasteiger partial charge is 0.102 e. The highest BCUT2D eigenvalue weighted by atomic mass is 13.6. The van der Waals surface area contributed by atoms with E-state index in [1.807, 2.05) is 13.0 Å². The minimum absolute atomic E-state index is 0.713. The highest BCUT2D eigenvalue weighted by Gasteiger charge is 1.59. The van der Waals surface area contributed by atoms with Crippen LogP contribution in [-0.2, 0) is 0 Å². The monoisotopic (exact) mass is 130 g/mol. The van der Waals surface area contributed by atoms with Gasteiger partial charge in [0, 0.05) is 6.42 Å². The maximum absolute atomic E-state index is 3.53. The molecule has 0 atom stereocenters. The molecule has 0 fully saturated rings. The molecule has 0 aliphatic carbocycles. The zero-order chi connectivity index (χ0) is 7.66. The lowest BCUT2D eigenvalue weighted by Crippen LogP contribution is -1.54. The van der Waals surface area contributed by atoms with Gasteiger partial charge in [0.1, 0.15) is 0 Å². The Balaban J connectivity index is 3.65. The maximum atomic E-state index is 3.53. The van der Waals surface area contributed by atoms with Crippen molar-refractivity contribution < 1.29 is 0 Å². The van der Waals surface area contributed by atoms with Crippen LogP contribution >= 0.6 is 0 Å². The fraction of sp³-hybridized carbons (Fsp3) is 0.200. The average molecular weight is 130 g/mol. The van der Waals surface area contributed by atoms with E-state index in [0.29, 0.717) is 6.42 Å². The van der Waals surface area contributed by atoms with Gasteiger partial charge < -0.3 is 0 Å². The van der Waals surface area contributed by atoms with E-state index in [1.54, 1.807) is 12.2 Å². The second-order valence-electron chi connectivity index (χ2n) is 1.56. The van der Waals surface area contributed by atoms with Crippen molar-refractivity contribution in [3.63, 3.8) is 0 Å². The van der Waals surface area contributed by atoms with Crippen LogP contribution in [0, 0.1) is 23.7 Å². The molecule has 10 heavy (non-hydrogen) atoms. The van der Waals surface area contributed by atoms with Gasteiger partial charge in [-0.3, -0.25) is 0 Å². The Morgan fingerprint density at radius 1 is 1.40 bits per heavy atom. The second-order valence-corrected chi connectivity index (χ2v) is 1.56. The van der Waals surface area contributed by atoms with E-state index in [2.05, 4.69) is 30.3 Å². The Morgan fingerprint density at radius 3 is 2.80 bits per heavy atom. The number of hydrogen-bond donors (Lipinski definition) is 0. The summed E-state index contributed by atoms with van der Waals surface area (Å²) in [4.78, 5) is 0. The number of hydrogen-bond acceptors (Lipinski definition) is 0. The van der Waals surface area contributed by atoms with Gasteiger partial charge >= 0.3 is 0 Å². The Hall–Kier alpha value is -1.40. The van der Waals surface area contributed by atoms with Crippen LogP contribution < -0.4 is 0 Å². The zero-order valence-corrected chi connectivity index (χ0v) is 6.15. The molecule has 0 aromatic heterocycles. The quantitative estimate of drug-likeness (QED) is 0.377. The minimum Gasteiger partial charge on any atom is -0.102 e. The first-order valence-corrected chi connectivity index (χ1v) is 3.12. The van der Waals surface area contributed by atoms with Crippen LogP contribution in [-0.4, -0.2) is 0 Å². The molecule has 0 bridgehead atoms. The predicted octanol–water partition coefficient (Wildman–Crippen LogP) is 2.15. The second kappa shape index (κ2) is 7.60. The summed E-state index contributed by atoms with van der Waals surface area (Å²) in [7, 11) is 0. The molecule has 0 heterocycles. The molecule has 0 aromatic carbocycles. The van der Waals surface area contributed by atoms with Gasteiger partial charge in [0.15, 0.2) is 0 Å². The molecule has 0 amide bonds. The molecular formula is C10H10. The van der Waals surface area contributed by atoms with Crippen molar-refractivity contribution in [3.05, 3.63) is 24.8 Å². The van der Waals surface area contributed by atoms with Crippen molar-refractivity contribution in [1.29, 1.82) is 0 Å². The van der Waals surface area contributed by atoms with Crippen molar-refractivity contribution in [2.75, 3.05) is 0 Å². The lowest BCUT2D eigenvalue weighted by Gasteiger charge is -1.65. The van der Waals surface area contributed by atoms with Crippen LogP contribution in [0.1, 0.15) is 13.3 Å². The van der Waals surface area contributed by atoms with Gasteiger partial charge in [0.2, 0.25) is 0 Å². The van der Waals surface area contributed by atoms with E-state index >= 15 is 0 Å². The summed E-state index contributed by atoms with van der Waals surface area (Å²) in [5, 5.41) is 0. The number of allylic oxidation sites excluding steroid dienone is 3. The lowest BCUT2D eigenvalue weighted by molar-refractivity contribution is 1.49. The minimum atomic E-state index is 0.713. The molecule has 0 spiro atoms. The van der Waals surface area contributed by atoms with Crippen molar-refractivity contribution in [2.45, 2.75) is 13.3 Å². The highest BCUT2D eigenvalue weighted by molar-refractivity contribution is 5.30. The Kier molecular flexibility index (Phi) is 6.54. The third-order valence-corrected chi connectivity index (χ3v) is 0.719. The van der Waals surface area contributed by atoms with Crippen LogP contribution in [0.4, 0.5) is 0 Å². The van der Waals surface area contributed by atoms with Crippen LogP contribution in [0.3, 0.4) is 0 Å². The summed E-state index contributed by atoms with van der Waals surface area (Å²) in [5.74, 6) is 10.9. The van der Waals surface area contributed by atoms with Gasteiger partial charge in [-0.1, -0.05) is 24.0 Å². The fourth-order valence-corrected chi connectivity index (χ4v) is 0.328. The average Bonchev–Trinajstić information content (AvgIpc) is 1.97. The molecule has 0 aromatic rings. The summed E-state index contributed by atoms with van der Waals surface area (Å²) in [6.45, 7) is 5.45. The van der Waals surface area contributed by atoms with Gasteiger partial charge in [-0.2, -0.15) is 0 Å². The van der Waals surface area contributed by atoms with Gasteiger partial charge in [-0.15, -0.1) is 6.58 Å². The smallest absolute Gasteiger partial charge is 0.0277 e. The van der Waals surface area contributed by atoms with Gasteiger partial charge in [0.25, 0.3) is 0 Å². The van der Waals surface area contributed by atoms with Crippen molar-refractivity contribution in [3.8, 4) is 23.7 Å². The van der Waals surface area contributed by atoms with Crippen molar-refractivity contribution in [2.24, 2.45) is 0 Å². The fourth-order valence-electron chi connectivity index (χ4n) is 0.328. The molecule has 0 rings (SSSR count).